The Morgan fingerprint density at radius 1 is 1.04 bits per heavy atom. The maximum Gasteiger partial charge on any atom is 0.300 e. The van der Waals surface area contributed by atoms with E-state index in [0.29, 0.717) is 28.5 Å². The lowest BCUT2D eigenvalue weighted by molar-refractivity contribution is -0.382. The van der Waals surface area contributed by atoms with Gasteiger partial charge in [-0.15, -0.1) is 10.2 Å². The Hall–Kier alpha value is -3.74. The third-order valence-electron chi connectivity index (χ3n) is 4.00. The van der Waals surface area contributed by atoms with Crippen molar-refractivity contribution in [3.63, 3.8) is 0 Å². The first-order valence-electron chi connectivity index (χ1n) is 7.95. The number of nitro groups is 1. The van der Waals surface area contributed by atoms with Crippen LogP contribution in [0.15, 0.2) is 65.1 Å². The number of fused-ring (bicyclic) bond motifs is 1. The molecule has 0 unspecified atom stereocenters. The van der Waals surface area contributed by atoms with Gasteiger partial charge in [-0.05, 0) is 35.7 Å². The topological polar surface area (TPSA) is 94.1 Å². The van der Waals surface area contributed by atoms with Gasteiger partial charge in [0.25, 0.3) is 5.69 Å². The van der Waals surface area contributed by atoms with Crippen molar-refractivity contribution in [2.75, 3.05) is 5.32 Å². The molecule has 0 bridgehead atoms. The molecule has 4 aromatic rings. The Kier molecular flexibility index (Phi) is 3.81. The maximum absolute atomic E-state index is 11.6. The summed E-state index contributed by atoms with van der Waals surface area (Å²) < 4.78 is 5.44. The molecule has 128 valence electrons. The van der Waals surface area contributed by atoms with Gasteiger partial charge in [-0.3, -0.25) is 10.1 Å². The number of hydrogen-bond acceptors (Lipinski definition) is 6. The molecule has 0 radical (unpaired) electrons. The molecule has 0 spiro atoms. The number of rotatable bonds is 4. The summed E-state index contributed by atoms with van der Waals surface area (Å²) >= 11 is 0. The van der Waals surface area contributed by atoms with Crippen LogP contribution >= 0.6 is 0 Å². The highest BCUT2D eigenvalue weighted by Gasteiger charge is 2.18. The van der Waals surface area contributed by atoms with Crippen LogP contribution in [0.4, 0.5) is 17.1 Å². The zero-order valence-corrected chi connectivity index (χ0v) is 13.8. The van der Waals surface area contributed by atoms with E-state index in [1.165, 1.54) is 0 Å². The second-order valence-electron chi connectivity index (χ2n) is 5.77. The first-order valence-corrected chi connectivity index (χ1v) is 7.95. The molecule has 26 heavy (non-hydrogen) atoms. The lowest BCUT2D eigenvalue weighted by Crippen LogP contribution is -1.98. The molecule has 7 nitrogen and oxygen atoms in total. The number of anilines is 2. The summed E-state index contributed by atoms with van der Waals surface area (Å²) in [5.74, 6) is 0.877. The second-order valence-corrected chi connectivity index (χ2v) is 5.77. The average molecular weight is 346 g/mol. The first-order chi connectivity index (χ1) is 12.6. The van der Waals surface area contributed by atoms with Gasteiger partial charge in [0, 0.05) is 18.2 Å². The molecule has 0 aliphatic heterocycles. The molecule has 4 rings (SSSR count). The molecule has 0 amide bonds. The summed E-state index contributed by atoms with van der Waals surface area (Å²) in [7, 11) is 0. The molecule has 0 saturated heterocycles. The van der Waals surface area contributed by atoms with Crippen LogP contribution in [0.3, 0.4) is 0 Å². The van der Waals surface area contributed by atoms with Crippen LogP contribution in [0.25, 0.3) is 22.2 Å². The van der Waals surface area contributed by atoms with E-state index in [9.17, 15) is 10.1 Å². The van der Waals surface area contributed by atoms with Gasteiger partial charge >= 0.3 is 0 Å². The summed E-state index contributed by atoms with van der Waals surface area (Å²) in [5.41, 5.74) is 1.89. The van der Waals surface area contributed by atoms with Crippen molar-refractivity contribution in [3.8, 4) is 11.5 Å². The number of nitrogens with one attached hydrogen (secondary N) is 1. The van der Waals surface area contributed by atoms with Crippen molar-refractivity contribution in [3.05, 3.63) is 76.7 Å². The summed E-state index contributed by atoms with van der Waals surface area (Å²) in [6, 6.07) is 18.1. The van der Waals surface area contributed by atoms with Gasteiger partial charge in [0.05, 0.1) is 10.3 Å². The van der Waals surface area contributed by atoms with E-state index in [0.717, 1.165) is 10.9 Å². The minimum Gasteiger partial charge on any atom is -0.421 e. The lowest BCUT2D eigenvalue weighted by Gasteiger charge is -2.10. The van der Waals surface area contributed by atoms with E-state index in [2.05, 4.69) is 15.5 Å². The molecule has 0 atom stereocenters. The fraction of sp³-hybridized carbons (Fsp3) is 0.0526. The number of aromatic nitrogens is 2. The summed E-state index contributed by atoms with van der Waals surface area (Å²) in [4.78, 5) is 11.3. The van der Waals surface area contributed by atoms with E-state index >= 15 is 0 Å². The molecule has 0 fully saturated rings. The Balaban J connectivity index is 1.76. The molecule has 7 heteroatoms. The molecule has 0 aliphatic carbocycles. The fourth-order valence-corrected chi connectivity index (χ4v) is 2.85. The lowest BCUT2D eigenvalue weighted by atomic mass is 10.1. The molecule has 1 heterocycles. The highest BCUT2D eigenvalue weighted by molar-refractivity contribution is 5.97. The van der Waals surface area contributed by atoms with Crippen LogP contribution in [0.1, 0.15) is 5.89 Å². The summed E-state index contributed by atoms with van der Waals surface area (Å²) in [6.45, 7) is 1.72. The molecule has 3 aromatic carbocycles. The predicted octanol–water partition coefficient (Wildman–Crippen LogP) is 4.85. The molecule has 0 aliphatic rings. The van der Waals surface area contributed by atoms with E-state index in [-0.39, 0.29) is 10.6 Å². The fourth-order valence-electron chi connectivity index (χ4n) is 2.85. The third-order valence-corrected chi connectivity index (χ3v) is 4.00. The van der Waals surface area contributed by atoms with Gasteiger partial charge < -0.3 is 9.73 Å². The van der Waals surface area contributed by atoms with Crippen molar-refractivity contribution in [1.29, 1.82) is 0 Å². The molecular weight excluding hydrogens is 332 g/mol. The van der Waals surface area contributed by atoms with Gasteiger partial charge in [-0.2, -0.15) is 0 Å². The quantitative estimate of drug-likeness (QED) is 0.419. The zero-order chi connectivity index (χ0) is 18.1. The van der Waals surface area contributed by atoms with E-state index in [1.807, 2.05) is 42.5 Å². The number of benzene rings is 3. The van der Waals surface area contributed by atoms with Crippen LogP contribution < -0.4 is 5.32 Å². The monoisotopic (exact) mass is 346 g/mol. The predicted molar refractivity (Wildman–Crippen MR) is 98.4 cm³/mol. The van der Waals surface area contributed by atoms with Crippen LogP contribution in [0.5, 0.6) is 0 Å². The Bertz CT molecular complexity index is 1120. The Morgan fingerprint density at radius 2 is 1.88 bits per heavy atom. The van der Waals surface area contributed by atoms with Crippen molar-refractivity contribution < 1.29 is 9.34 Å². The standard InChI is InChI=1S/C19H14N4O3/c1-12-21-22-19(26-12)14-6-4-7-15(11-14)20-17-10-9-13-5-2-3-8-16(13)18(17)23(24)25/h2-11,20H,1H3. The summed E-state index contributed by atoms with van der Waals surface area (Å²) in [6.07, 6.45) is 0. The zero-order valence-electron chi connectivity index (χ0n) is 13.8. The highest BCUT2D eigenvalue weighted by atomic mass is 16.6. The van der Waals surface area contributed by atoms with Gasteiger partial charge in [0.2, 0.25) is 11.8 Å². The van der Waals surface area contributed by atoms with Crippen LogP contribution in [-0.2, 0) is 0 Å². The van der Waals surface area contributed by atoms with Crippen LogP contribution in [-0.4, -0.2) is 15.1 Å². The first kappa shape index (κ1) is 15.8. The Morgan fingerprint density at radius 3 is 2.65 bits per heavy atom. The van der Waals surface area contributed by atoms with E-state index in [1.54, 1.807) is 25.1 Å². The number of nitro benzene ring substituents is 1. The van der Waals surface area contributed by atoms with Crippen molar-refractivity contribution in [2.45, 2.75) is 6.92 Å². The molecular formula is C19H14N4O3. The highest BCUT2D eigenvalue weighted by Crippen LogP contribution is 2.35. The minimum atomic E-state index is -0.365. The largest absolute Gasteiger partial charge is 0.421 e. The third kappa shape index (κ3) is 2.86. The maximum atomic E-state index is 11.6. The van der Waals surface area contributed by atoms with Crippen molar-refractivity contribution >= 4 is 27.8 Å². The number of hydrogen-bond donors (Lipinski definition) is 1. The van der Waals surface area contributed by atoms with E-state index < -0.39 is 0 Å². The van der Waals surface area contributed by atoms with Crippen molar-refractivity contribution in [1.82, 2.24) is 10.2 Å². The SMILES string of the molecule is Cc1nnc(-c2cccc(Nc3ccc4ccccc4c3[N+](=O)[O-])c2)o1. The van der Waals surface area contributed by atoms with E-state index in [4.69, 9.17) is 4.42 Å². The second kappa shape index (κ2) is 6.29. The Labute approximate surface area is 148 Å². The summed E-state index contributed by atoms with van der Waals surface area (Å²) in [5, 5.41) is 24.0. The molecule has 1 N–H and O–H groups in total. The smallest absolute Gasteiger partial charge is 0.300 e. The van der Waals surface area contributed by atoms with Crippen LogP contribution in [0, 0.1) is 17.0 Å². The van der Waals surface area contributed by atoms with Gasteiger partial charge in [-0.1, -0.05) is 30.3 Å². The van der Waals surface area contributed by atoms with Crippen molar-refractivity contribution in [2.24, 2.45) is 0 Å². The average Bonchev–Trinajstić information content (AvgIpc) is 3.08. The molecule has 1 aromatic heterocycles. The number of nitrogens with zero attached hydrogens (tertiary/aromatic N) is 3. The van der Waals surface area contributed by atoms with Gasteiger partial charge in [-0.25, -0.2) is 0 Å². The number of aryl methyl sites for hydroxylation is 1. The normalized spacial score (nSPS) is 10.8. The van der Waals surface area contributed by atoms with Gasteiger partial charge in [0.1, 0.15) is 5.69 Å². The van der Waals surface area contributed by atoms with Gasteiger partial charge in [0.15, 0.2) is 0 Å². The minimum absolute atomic E-state index is 0.0436. The van der Waals surface area contributed by atoms with Crippen LogP contribution in [0.2, 0.25) is 0 Å². The molecule has 0 saturated carbocycles.